The first-order valence-electron chi connectivity index (χ1n) is 7.12. The molecule has 0 saturated heterocycles. The maximum atomic E-state index is 11.9. The van der Waals surface area contributed by atoms with Crippen molar-refractivity contribution in [2.75, 3.05) is 18.5 Å². The van der Waals surface area contributed by atoms with Crippen LogP contribution in [-0.4, -0.2) is 30.0 Å². The van der Waals surface area contributed by atoms with E-state index in [0.29, 0.717) is 17.2 Å². The maximum Gasteiger partial charge on any atom is 0.269 e. The lowest BCUT2D eigenvalue weighted by molar-refractivity contribution is -0.384. The van der Waals surface area contributed by atoms with Gasteiger partial charge in [-0.1, -0.05) is 6.07 Å². The van der Waals surface area contributed by atoms with E-state index in [1.165, 1.54) is 30.3 Å². The number of anilines is 1. The number of hydrogen-bond donors (Lipinski definition) is 2. The number of nitrogens with zero attached hydrogens (tertiary/aromatic N) is 1. The van der Waals surface area contributed by atoms with Gasteiger partial charge in [-0.15, -0.1) is 0 Å². The minimum Gasteiger partial charge on any atom is -0.484 e. The summed E-state index contributed by atoms with van der Waals surface area (Å²) in [5.41, 5.74) is 5.38. The van der Waals surface area contributed by atoms with Gasteiger partial charge in [-0.2, -0.15) is 0 Å². The highest BCUT2D eigenvalue weighted by molar-refractivity contribution is 5.92. The van der Waals surface area contributed by atoms with Crippen LogP contribution in [0.15, 0.2) is 48.5 Å². The summed E-state index contributed by atoms with van der Waals surface area (Å²) < 4.78 is 10.4. The van der Waals surface area contributed by atoms with Gasteiger partial charge in [-0.3, -0.25) is 19.7 Å². The number of nitrogens with one attached hydrogen (secondary N) is 1. The van der Waals surface area contributed by atoms with Crippen molar-refractivity contribution >= 4 is 23.2 Å². The first-order chi connectivity index (χ1) is 11.9. The van der Waals surface area contributed by atoms with Gasteiger partial charge in [0.25, 0.3) is 17.5 Å². The van der Waals surface area contributed by atoms with Crippen molar-refractivity contribution in [2.24, 2.45) is 5.73 Å². The van der Waals surface area contributed by atoms with E-state index in [4.69, 9.17) is 15.2 Å². The molecule has 0 saturated carbocycles. The fraction of sp³-hybridized carbons (Fsp3) is 0.125. The molecule has 3 N–H and O–H groups in total. The number of primary amides is 1. The van der Waals surface area contributed by atoms with Crippen LogP contribution in [0.4, 0.5) is 11.4 Å². The van der Waals surface area contributed by atoms with Gasteiger partial charge in [0.15, 0.2) is 13.2 Å². The summed E-state index contributed by atoms with van der Waals surface area (Å²) in [5, 5.41) is 13.2. The molecule has 25 heavy (non-hydrogen) atoms. The van der Waals surface area contributed by atoms with Gasteiger partial charge in [0.05, 0.1) is 4.92 Å². The van der Waals surface area contributed by atoms with Crippen molar-refractivity contribution in [2.45, 2.75) is 0 Å². The Bertz CT molecular complexity index is 776. The van der Waals surface area contributed by atoms with Gasteiger partial charge in [-0.05, 0) is 24.3 Å². The molecule has 0 heterocycles. The van der Waals surface area contributed by atoms with E-state index in [2.05, 4.69) is 5.32 Å². The van der Waals surface area contributed by atoms with Crippen molar-refractivity contribution in [1.82, 2.24) is 0 Å². The second-order valence-corrected chi connectivity index (χ2v) is 4.87. The third-order valence-corrected chi connectivity index (χ3v) is 2.92. The van der Waals surface area contributed by atoms with Gasteiger partial charge in [0.2, 0.25) is 0 Å². The minimum atomic E-state index is -0.606. The topological polar surface area (TPSA) is 134 Å². The highest BCUT2D eigenvalue weighted by Gasteiger charge is 2.07. The second kappa shape index (κ2) is 8.29. The maximum absolute atomic E-state index is 11.9. The van der Waals surface area contributed by atoms with Crippen LogP contribution in [0.25, 0.3) is 0 Å². The van der Waals surface area contributed by atoms with Crippen LogP contribution >= 0.6 is 0 Å². The summed E-state index contributed by atoms with van der Waals surface area (Å²) in [6.07, 6.45) is 0. The van der Waals surface area contributed by atoms with Gasteiger partial charge < -0.3 is 20.5 Å². The van der Waals surface area contributed by atoms with Crippen LogP contribution in [0.5, 0.6) is 11.5 Å². The molecule has 130 valence electrons. The zero-order valence-corrected chi connectivity index (χ0v) is 13.0. The highest BCUT2D eigenvalue weighted by Crippen LogP contribution is 2.18. The lowest BCUT2D eigenvalue weighted by Gasteiger charge is -2.09. The number of ether oxygens (including phenoxy) is 2. The highest BCUT2D eigenvalue weighted by atomic mass is 16.6. The van der Waals surface area contributed by atoms with Crippen LogP contribution in [-0.2, 0) is 9.59 Å². The number of carbonyl (C=O) groups excluding carboxylic acids is 2. The number of non-ortho nitro benzene ring substituents is 1. The molecular weight excluding hydrogens is 330 g/mol. The third-order valence-electron chi connectivity index (χ3n) is 2.92. The number of nitro groups is 1. The third kappa shape index (κ3) is 5.82. The van der Waals surface area contributed by atoms with E-state index in [9.17, 15) is 19.7 Å². The fourth-order valence-electron chi connectivity index (χ4n) is 1.83. The number of amides is 2. The number of carbonyl (C=O) groups is 2. The van der Waals surface area contributed by atoms with Crippen LogP contribution in [0.1, 0.15) is 0 Å². The number of benzene rings is 2. The summed E-state index contributed by atoms with van der Waals surface area (Å²) in [6, 6.07) is 11.8. The number of nitro benzene ring substituents is 1. The second-order valence-electron chi connectivity index (χ2n) is 4.87. The molecule has 2 aromatic carbocycles. The Kier molecular flexibility index (Phi) is 5.88. The van der Waals surface area contributed by atoms with E-state index in [0.717, 1.165) is 0 Å². The molecule has 0 bridgehead atoms. The summed E-state index contributed by atoms with van der Waals surface area (Å²) >= 11 is 0. The molecule has 0 radical (unpaired) electrons. The molecule has 9 heteroatoms. The standard InChI is InChI=1S/C16H15N3O6/c17-15(20)9-24-14-3-1-2-11(8-14)18-16(21)10-25-13-6-4-12(5-7-13)19(22)23/h1-8H,9-10H2,(H2,17,20)(H,18,21). The predicted octanol–water partition coefficient (Wildman–Crippen LogP) is 1.48. The Labute approximate surface area is 142 Å². The molecule has 2 amide bonds. The van der Waals surface area contributed by atoms with E-state index < -0.39 is 16.7 Å². The largest absolute Gasteiger partial charge is 0.484 e. The molecule has 0 unspecified atom stereocenters. The lowest BCUT2D eigenvalue weighted by atomic mass is 10.3. The van der Waals surface area contributed by atoms with Crippen molar-refractivity contribution in [1.29, 1.82) is 0 Å². The van der Waals surface area contributed by atoms with Crippen molar-refractivity contribution in [3.05, 3.63) is 58.6 Å². The minimum absolute atomic E-state index is 0.0652. The van der Waals surface area contributed by atoms with Crippen molar-refractivity contribution in [3.8, 4) is 11.5 Å². The number of hydrogen-bond acceptors (Lipinski definition) is 6. The Hall–Kier alpha value is -3.62. The van der Waals surface area contributed by atoms with E-state index in [-0.39, 0.29) is 18.9 Å². The fourth-order valence-corrected chi connectivity index (χ4v) is 1.83. The smallest absolute Gasteiger partial charge is 0.269 e. The molecule has 0 spiro atoms. The van der Waals surface area contributed by atoms with Gasteiger partial charge in [0.1, 0.15) is 11.5 Å². The van der Waals surface area contributed by atoms with Crippen molar-refractivity contribution in [3.63, 3.8) is 0 Å². The molecule has 0 fully saturated rings. The molecule has 0 aliphatic carbocycles. The molecule has 0 aromatic heterocycles. The molecule has 2 rings (SSSR count). The molecule has 2 aromatic rings. The van der Waals surface area contributed by atoms with Gasteiger partial charge >= 0.3 is 0 Å². The average Bonchev–Trinajstić information content (AvgIpc) is 2.59. The first-order valence-corrected chi connectivity index (χ1v) is 7.12. The normalized spacial score (nSPS) is 9.92. The van der Waals surface area contributed by atoms with E-state index in [1.54, 1.807) is 18.2 Å². The summed E-state index contributed by atoms with van der Waals surface area (Å²) in [4.78, 5) is 32.6. The van der Waals surface area contributed by atoms with E-state index >= 15 is 0 Å². The quantitative estimate of drug-likeness (QED) is 0.550. The first kappa shape index (κ1) is 17.7. The summed E-state index contributed by atoms with van der Waals surface area (Å²) in [6.45, 7) is -0.537. The summed E-state index contributed by atoms with van der Waals surface area (Å²) in [5.74, 6) is -0.316. The predicted molar refractivity (Wildman–Crippen MR) is 88.4 cm³/mol. The van der Waals surface area contributed by atoms with Crippen molar-refractivity contribution < 1.29 is 24.0 Å². The Morgan fingerprint density at radius 2 is 1.72 bits per heavy atom. The monoisotopic (exact) mass is 345 g/mol. The SMILES string of the molecule is NC(=O)COc1cccc(NC(=O)COc2ccc([N+](=O)[O-])cc2)c1. The number of rotatable bonds is 8. The van der Waals surface area contributed by atoms with Gasteiger partial charge in [0, 0.05) is 23.9 Å². The molecule has 9 nitrogen and oxygen atoms in total. The molecule has 0 atom stereocenters. The zero-order chi connectivity index (χ0) is 18.2. The molecule has 0 aliphatic rings. The van der Waals surface area contributed by atoms with Gasteiger partial charge in [-0.25, -0.2) is 0 Å². The molecular formula is C16H15N3O6. The van der Waals surface area contributed by atoms with E-state index in [1.807, 2.05) is 0 Å². The number of nitrogens with two attached hydrogens (primary N) is 1. The van der Waals surface area contributed by atoms with Crippen LogP contribution in [0, 0.1) is 10.1 Å². The Morgan fingerprint density at radius 1 is 1.04 bits per heavy atom. The molecule has 0 aliphatic heterocycles. The Balaban J connectivity index is 1.86. The lowest BCUT2D eigenvalue weighted by Crippen LogP contribution is -2.21. The summed E-state index contributed by atoms with van der Waals surface area (Å²) in [7, 11) is 0. The average molecular weight is 345 g/mol. The zero-order valence-electron chi connectivity index (χ0n) is 13.0. The van der Waals surface area contributed by atoms with Crippen LogP contribution in [0.2, 0.25) is 0 Å². The Morgan fingerprint density at radius 3 is 2.36 bits per heavy atom. The van der Waals surface area contributed by atoms with Crippen LogP contribution < -0.4 is 20.5 Å². The van der Waals surface area contributed by atoms with Crippen LogP contribution in [0.3, 0.4) is 0 Å².